The van der Waals surface area contributed by atoms with Gasteiger partial charge in [-0.05, 0) is 31.5 Å². The summed E-state index contributed by atoms with van der Waals surface area (Å²) in [5, 5.41) is 2.52. The highest BCUT2D eigenvalue weighted by atomic mass is 19.1. The van der Waals surface area contributed by atoms with Crippen LogP contribution in [-0.2, 0) is 0 Å². The highest BCUT2D eigenvalue weighted by Gasteiger charge is 2.19. The van der Waals surface area contributed by atoms with Crippen LogP contribution < -0.4 is 10.1 Å². The molecule has 1 aromatic heterocycles. The lowest BCUT2D eigenvalue weighted by molar-refractivity contribution is 0.0958. The maximum Gasteiger partial charge on any atom is 0.269 e. The van der Waals surface area contributed by atoms with Gasteiger partial charge in [0.2, 0.25) is 0 Å². The second-order valence-electron chi connectivity index (χ2n) is 5.27. The second-order valence-corrected chi connectivity index (χ2v) is 5.27. The molecule has 1 atom stereocenters. The van der Waals surface area contributed by atoms with Gasteiger partial charge in [0, 0.05) is 26.1 Å². The number of rotatable bonds is 6. The Labute approximate surface area is 124 Å². The first-order valence-corrected chi connectivity index (χ1v) is 7.32. The van der Waals surface area contributed by atoms with Gasteiger partial charge in [0.1, 0.15) is 18.1 Å². The maximum atomic E-state index is 12.7. The first kappa shape index (κ1) is 15.7. The summed E-state index contributed by atoms with van der Waals surface area (Å²) in [4.78, 5) is 17.6. The lowest BCUT2D eigenvalue weighted by Gasteiger charge is -2.31. The molecule has 1 amide bonds. The zero-order chi connectivity index (χ0) is 15.1. The molecule has 0 radical (unpaired) electrons. The maximum absolute atomic E-state index is 12.7. The summed E-state index contributed by atoms with van der Waals surface area (Å²) in [5.41, 5.74) is 0.367. The van der Waals surface area contributed by atoms with Gasteiger partial charge in [0.15, 0.2) is 0 Å². The lowest BCUT2D eigenvalue weighted by atomic mass is 10.00. The quantitative estimate of drug-likeness (QED) is 0.864. The Morgan fingerprint density at radius 3 is 3.10 bits per heavy atom. The molecule has 5 nitrogen and oxygen atoms in total. The van der Waals surface area contributed by atoms with Gasteiger partial charge in [0.25, 0.3) is 5.91 Å². The highest BCUT2D eigenvalue weighted by Crippen LogP contribution is 2.16. The van der Waals surface area contributed by atoms with Crippen molar-refractivity contribution < 1.29 is 13.9 Å². The van der Waals surface area contributed by atoms with Gasteiger partial charge in [0.05, 0.1) is 12.9 Å². The molecule has 21 heavy (non-hydrogen) atoms. The molecule has 0 saturated carbocycles. The van der Waals surface area contributed by atoms with E-state index in [0.717, 1.165) is 32.5 Å². The van der Waals surface area contributed by atoms with Crippen molar-refractivity contribution in [3.05, 3.63) is 24.0 Å². The van der Waals surface area contributed by atoms with Crippen molar-refractivity contribution in [3.8, 4) is 5.75 Å². The van der Waals surface area contributed by atoms with Crippen LogP contribution in [0.15, 0.2) is 18.3 Å². The minimum atomic E-state index is -0.234. The van der Waals surface area contributed by atoms with Gasteiger partial charge in [-0.15, -0.1) is 0 Å². The molecule has 6 heteroatoms. The molecule has 1 saturated heterocycles. The number of hydrogen-bond acceptors (Lipinski definition) is 4. The predicted octanol–water partition coefficient (Wildman–Crippen LogP) is 1.50. The zero-order valence-corrected chi connectivity index (χ0v) is 12.3. The summed E-state index contributed by atoms with van der Waals surface area (Å²) >= 11 is 0. The number of nitrogens with one attached hydrogen (secondary N) is 1. The van der Waals surface area contributed by atoms with Crippen molar-refractivity contribution in [2.75, 3.05) is 40.0 Å². The second kappa shape index (κ2) is 7.93. The van der Waals surface area contributed by atoms with Crippen molar-refractivity contribution in [2.24, 2.45) is 5.92 Å². The SMILES string of the molecule is CNC(=O)c1ccc(OCCN2CCCC(CF)C2)cn1. The monoisotopic (exact) mass is 295 g/mol. The number of alkyl halides is 1. The fraction of sp³-hybridized carbons (Fsp3) is 0.600. The smallest absolute Gasteiger partial charge is 0.269 e. The van der Waals surface area contributed by atoms with Crippen molar-refractivity contribution in [1.29, 1.82) is 0 Å². The number of pyridine rings is 1. The number of hydrogen-bond donors (Lipinski definition) is 1. The fourth-order valence-corrected chi connectivity index (χ4v) is 2.50. The summed E-state index contributed by atoms with van der Waals surface area (Å²) in [7, 11) is 1.57. The highest BCUT2D eigenvalue weighted by molar-refractivity contribution is 5.91. The van der Waals surface area contributed by atoms with E-state index in [-0.39, 0.29) is 18.5 Å². The fourth-order valence-electron chi connectivity index (χ4n) is 2.50. The molecule has 116 valence electrons. The molecule has 1 aliphatic rings. The molecule has 2 rings (SSSR count). The van der Waals surface area contributed by atoms with Crippen LogP contribution in [0.5, 0.6) is 5.75 Å². The Morgan fingerprint density at radius 1 is 1.57 bits per heavy atom. The van der Waals surface area contributed by atoms with Crippen LogP contribution >= 0.6 is 0 Å². The van der Waals surface area contributed by atoms with E-state index in [9.17, 15) is 9.18 Å². The van der Waals surface area contributed by atoms with Crippen LogP contribution in [0.25, 0.3) is 0 Å². The van der Waals surface area contributed by atoms with Crippen LogP contribution in [-0.4, -0.2) is 55.8 Å². The average Bonchev–Trinajstić information content (AvgIpc) is 2.55. The number of halogens is 1. The standard InChI is InChI=1S/C15H22FN3O2/c1-17-15(20)14-5-4-13(10-18-14)21-8-7-19-6-2-3-12(9-16)11-19/h4-5,10,12H,2-3,6-9,11H2,1H3,(H,17,20). The van der Waals surface area contributed by atoms with Crippen molar-refractivity contribution in [2.45, 2.75) is 12.8 Å². The topological polar surface area (TPSA) is 54.5 Å². The van der Waals surface area contributed by atoms with Crippen LogP contribution in [0.2, 0.25) is 0 Å². The lowest BCUT2D eigenvalue weighted by Crippen LogP contribution is -2.38. The third-order valence-corrected chi connectivity index (χ3v) is 3.69. The molecule has 1 aromatic rings. The first-order chi connectivity index (χ1) is 10.2. The number of nitrogens with zero attached hydrogens (tertiary/aromatic N) is 2. The first-order valence-electron chi connectivity index (χ1n) is 7.32. The molecular formula is C15H22FN3O2. The van der Waals surface area contributed by atoms with E-state index in [1.807, 2.05) is 0 Å². The minimum absolute atomic E-state index is 0.173. The Hall–Kier alpha value is -1.69. The van der Waals surface area contributed by atoms with Crippen molar-refractivity contribution in [1.82, 2.24) is 15.2 Å². The van der Waals surface area contributed by atoms with Crippen LogP contribution in [0.1, 0.15) is 23.3 Å². The summed E-state index contributed by atoms with van der Waals surface area (Å²) in [6.45, 7) is 2.91. The summed E-state index contributed by atoms with van der Waals surface area (Å²) in [5.74, 6) is 0.598. The van der Waals surface area contributed by atoms with E-state index in [4.69, 9.17) is 4.74 Å². The van der Waals surface area contributed by atoms with Gasteiger partial charge in [-0.3, -0.25) is 14.1 Å². The number of amides is 1. The Morgan fingerprint density at radius 2 is 2.43 bits per heavy atom. The number of likely N-dealkylation sites (tertiary alicyclic amines) is 1. The minimum Gasteiger partial charge on any atom is -0.491 e. The third kappa shape index (κ3) is 4.67. The van der Waals surface area contributed by atoms with Crippen LogP contribution in [0.4, 0.5) is 4.39 Å². The average molecular weight is 295 g/mol. The molecule has 1 fully saturated rings. The summed E-state index contributed by atoms with van der Waals surface area (Å²) in [6.07, 6.45) is 3.58. The Balaban J connectivity index is 1.74. The van der Waals surface area contributed by atoms with E-state index >= 15 is 0 Å². The van der Waals surface area contributed by atoms with E-state index < -0.39 is 0 Å². The number of carbonyl (C=O) groups excluding carboxylic acids is 1. The van der Waals surface area contributed by atoms with Crippen molar-refractivity contribution >= 4 is 5.91 Å². The summed E-state index contributed by atoms with van der Waals surface area (Å²) in [6, 6.07) is 3.37. The van der Waals surface area contributed by atoms with Crippen LogP contribution in [0.3, 0.4) is 0 Å². The van der Waals surface area contributed by atoms with E-state index in [1.165, 1.54) is 0 Å². The molecule has 1 aliphatic heterocycles. The van der Waals surface area contributed by atoms with E-state index in [2.05, 4.69) is 15.2 Å². The molecule has 0 bridgehead atoms. The van der Waals surface area contributed by atoms with E-state index in [1.54, 1.807) is 25.4 Å². The van der Waals surface area contributed by atoms with Gasteiger partial charge in [-0.25, -0.2) is 4.98 Å². The van der Waals surface area contributed by atoms with Gasteiger partial charge in [-0.1, -0.05) is 0 Å². The number of carbonyl (C=O) groups is 1. The molecular weight excluding hydrogens is 273 g/mol. The number of piperidine rings is 1. The Bertz CT molecular complexity index is 453. The molecule has 0 aliphatic carbocycles. The van der Waals surface area contributed by atoms with Crippen molar-refractivity contribution in [3.63, 3.8) is 0 Å². The Kier molecular flexibility index (Phi) is 5.92. The predicted molar refractivity (Wildman–Crippen MR) is 78.3 cm³/mol. The molecule has 0 aromatic carbocycles. The van der Waals surface area contributed by atoms with Gasteiger partial charge >= 0.3 is 0 Å². The largest absolute Gasteiger partial charge is 0.491 e. The van der Waals surface area contributed by atoms with Gasteiger partial charge in [-0.2, -0.15) is 0 Å². The summed E-state index contributed by atoms with van der Waals surface area (Å²) < 4.78 is 18.3. The molecule has 1 N–H and O–H groups in total. The van der Waals surface area contributed by atoms with Gasteiger partial charge < -0.3 is 10.1 Å². The zero-order valence-electron chi connectivity index (χ0n) is 12.3. The molecule has 1 unspecified atom stereocenters. The van der Waals surface area contributed by atoms with E-state index in [0.29, 0.717) is 18.1 Å². The third-order valence-electron chi connectivity index (χ3n) is 3.69. The van der Waals surface area contributed by atoms with Crippen LogP contribution in [0, 0.1) is 5.92 Å². The number of aromatic nitrogens is 1. The normalized spacial score (nSPS) is 19.2. The molecule has 2 heterocycles. The number of ether oxygens (including phenoxy) is 1. The molecule has 0 spiro atoms.